The molecule has 0 saturated carbocycles. The first-order chi connectivity index (χ1) is 7.23. The summed E-state index contributed by atoms with van der Waals surface area (Å²) in [4.78, 5) is 11.0. The van der Waals surface area contributed by atoms with Crippen molar-refractivity contribution in [2.75, 3.05) is 0 Å². The number of ketones is 1. The van der Waals surface area contributed by atoms with Gasteiger partial charge in [0.2, 0.25) is 0 Å². The lowest BCUT2D eigenvalue weighted by atomic mass is 9.96. The van der Waals surface area contributed by atoms with Crippen LogP contribution in [0, 0.1) is 6.92 Å². The summed E-state index contributed by atoms with van der Waals surface area (Å²) in [5.74, 6) is -1.55. The molecule has 1 rings (SSSR count). The first-order valence-corrected chi connectivity index (χ1v) is 4.95. The second-order valence-electron chi connectivity index (χ2n) is 4.06. The minimum atomic E-state index is -4.80. The number of benzene rings is 1. The molecule has 0 unspecified atom stereocenters. The molecular weight excluding hydrogens is 217 g/mol. The summed E-state index contributed by atoms with van der Waals surface area (Å²) in [7, 11) is 0. The minimum Gasteiger partial charge on any atom is -0.284 e. The van der Waals surface area contributed by atoms with Crippen LogP contribution in [-0.4, -0.2) is 12.0 Å². The van der Waals surface area contributed by atoms with Gasteiger partial charge in [-0.3, -0.25) is 4.79 Å². The Morgan fingerprint density at radius 1 is 1.25 bits per heavy atom. The number of carbonyl (C=O) groups excluding carboxylic acids is 1. The van der Waals surface area contributed by atoms with E-state index in [1.54, 1.807) is 12.1 Å². The molecule has 0 N–H and O–H groups in total. The van der Waals surface area contributed by atoms with E-state index in [2.05, 4.69) is 0 Å². The number of hydrogen-bond acceptors (Lipinski definition) is 1. The molecule has 0 aliphatic carbocycles. The van der Waals surface area contributed by atoms with Gasteiger partial charge in [-0.25, -0.2) is 0 Å². The summed E-state index contributed by atoms with van der Waals surface area (Å²) in [6, 6.07) is 4.45. The SMILES string of the molecule is Cc1cc(C(C)C)ccc1C(=O)C(F)(F)F. The Morgan fingerprint density at radius 2 is 1.81 bits per heavy atom. The summed E-state index contributed by atoms with van der Waals surface area (Å²) >= 11 is 0. The molecule has 1 aromatic carbocycles. The monoisotopic (exact) mass is 230 g/mol. The molecule has 0 atom stereocenters. The van der Waals surface area contributed by atoms with Crippen molar-refractivity contribution in [3.05, 3.63) is 34.9 Å². The third-order valence-corrected chi connectivity index (χ3v) is 2.42. The van der Waals surface area contributed by atoms with Gasteiger partial charge in [-0.15, -0.1) is 0 Å². The van der Waals surface area contributed by atoms with E-state index in [9.17, 15) is 18.0 Å². The third kappa shape index (κ3) is 2.62. The maximum absolute atomic E-state index is 12.2. The van der Waals surface area contributed by atoms with Crippen LogP contribution >= 0.6 is 0 Å². The molecule has 0 aliphatic rings. The Kier molecular flexibility index (Phi) is 3.41. The normalized spacial score (nSPS) is 11.9. The lowest BCUT2D eigenvalue weighted by molar-refractivity contribution is -0.0885. The van der Waals surface area contributed by atoms with Crippen LogP contribution in [0.2, 0.25) is 0 Å². The van der Waals surface area contributed by atoms with E-state index in [0.29, 0.717) is 5.56 Å². The average molecular weight is 230 g/mol. The zero-order chi connectivity index (χ0) is 12.5. The Labute approximate surface area is 92.3 Å². The fourth-order valence-corrected chi connectivity index (χ4v) is 1.45. The molecule has 0 saturated heterocycles. The molecule has 1 aromatic rings. The van der Waals surface area contributed by atoms with Gasteiger partial charge in [0.05, 0.1) is 0 Å². The summed E-state index contributed by atoms with van der Waals surface area (Å²) in [5.41, 5.74) is 1.03. The number of alkyl halides is 3. The Morgan fingerprint density at radius 3 is 2.19 bits per heavy atom. The van der Waals surface area contributed by atoms with E-state index in [4.69, 9.17) is 0 Å². The maximum atomic E-state index is 12.2. The average Bonchev–Trinajstić information content (AvgIpc) is 2.15. The van der Waals surface area contributed by atoms with Crippen LogP contribution in [0.1, 0.15) is 41.3 Å². The van der Waals surface area contributed by atoms with Crippen LogP contribution in [-0.2, 0) is 0 Å². The topological polar surface area (TPSA) is 17.1 Å². The van der Waals surface area contributed by atoms with Crippen LogP contribution in [0.25, 0.3) is 0 Å². The molecule has 16 heavy (non-hydrogen) atoms. The third-order valence-electron chi connectivity index (χ3n) is 2.42. The first kappa shape index (κ1) is 12.7. The van der Waals surface area contributed by atoms with Crippen molar-refractivity contribution in [2.45, 2.75) is 32.9 Å². The number of rotatable bonds is 2. The van der Waals surface area contributed by atoms with Gasteiger partial charge in [-0.2, -0.15) is 13.2 Å². The number of carbonyl (C=O) groups is 1. The second-order valence-corrected chi connectivity index (χ2v) is 4.06. The molecule has 0 spiro atoms. The van der Waals surface area contributed by atoms with Crippen LogP contribution < -0.4 is 0 Å². The Bertz CT molecular complexity index is 405. The summed E-state index contributed by atoms with van der Waals surface area (Å²) in [6.45, 7) is 5.41. The van der Waals surface area contributed by atoms with E-state index in [0.717, 1.165) is 5.56 Å². The summed E-state index contributed by atoms with van der Waals surface area (Å²) < 4.78 is 36.7. The van der Waals surface area contributed by atoms with E-state index in [1.165, 1.54) is 13.0 Å². The molecule has 0 radical (unpaired) electrons. The molecule has 0 aliphatic heterocycles. The summed E-state index contributed by atoms with van der Waals surface area (Å²) in [6.07, 6.45) is -4.80. The molecule has 1 nitrogen and oxygen atoms in total. The van der Waals surface area contributed by atoms with Gasteiger partial charge in [-0.05, 0) is 24.0 Å². The minimum absolute atomic E-state index is 0.230. The number of hydrogen-bond donors (Lipinski definition) is 0. The molecule has 88 valence electrons. The van der Waals surface area contributed by atoms with Crippen molar-refractivity contribution in [1.29, 1.82) is 0 Å². The Balaban J connectivity index is 3.14. The van der Waals surface area contributed by atoms with Gasteiger partial charge in [0, 0.05) is 5.56 Å². The van der Waals surface area contributed by atoms with Crippen molar-refractivity contribution < 1.29 is 18.0 Å². The molecular formula is C12H13F3O. The lowest BCUT2D eigenvalue weighted by Gasteiger charge is -2.11. The molecule has 0 bridgehead atoms. The van der Waals surface area contributed by atoms with E-state index in [-0.39, 0.29) is 11.5 Å². The zero-order valence-electron chi connectivity index (χ0n) is 9.35. The van der Waals surface area contributed by atoms with Crippen LogP contribution in [0.4, 0.5) is 13.2 Å². The van der Waals surface area contributed by atoms with Gasteiger partial charge in [-0.1, -0.05) is 32.0 Å². The van der Waals surface area contributed by atoms with Crippen LogP contribution in [0.3, 0.4) is 0 Å². The second kappa shape index (κ2) is 4.28. The predicted molar refractivity (Wildman–Crippen MR) is 55.7 cm³/mol. The zero-order valence-corrected chi connectivity index (χ0v) is 9.35. The standard InChI is InChI=1S/C12H13F3O/c1-7(2)9-4-5-10(8(3)6-9)11(16)12(13,14)15/h4-7H,1-3H3. The molecule has 0 fully saturated rings. The lowest BCUT2D eigenvalue weighted by Crippen LogP contribution is -2.23. The highest BCUT2D eigenvalue weighted by Gasteiger charge is 2.39. The number of Topliss-reactive ketones (excluding diaryl/α,β-unsaturated/α-hetero) is 1. The van der Waals surface area contributed by atoms with Gasteiger partial charge < -0.3 is 0 Å². The smallest absolute Gasteiger partial charge is 0.284 e. The van der Waals surface area contributed by atoms with Crippen LogP contribution in [0.15, 0.2) is 18.2 Å². The largest absolute Gasteiger partial charge is 0.454 e. The highest BCUT2D eigenvalue weighted by Crippen LogP contribution is 2.25. The van der Waals surface area contributed by atoms with Gasteiger partial charge in [0.1, 0.15) is 0 Å². The van der Waals surface area contributed by atoms with Crippen molar-refractivity contribution >= 4 is 5.78 Å². The quantitative estimate of drug-likeness (QED) is 0.705. The maximum Gasteiger partial charge on any atom is 0.454 e. The highest BCUT2D eigenvalue weighted by atomic mass is 19.4. The van der Waals surface area contributed by atoms with Gasteiger partial charge in [0.25, 0.3) is 5.78 Å². The van der Waals surface area contributed by atoms with Crippen molar-refractivity contribution in [1.82, 2.24) is 0 Å². The fraction of sp³-hybridized carbons (Fsp3) is 0.417. The highest BCUT2D eigenvalue weighted by molar-refractivity contribution is 6.01. The first-order valence-electron chi connectivity index (χ1n) is 4.95. The molecule has 0 amide bonds. The molecule has 4 heteroatoms. The number of halogens is 3. The van der Waals surface area contributed by atoms with Crippen LogP contribution in [0.5, 0.6) is 0 Å². The van der Waals surface area contributed by atoms with E-state index >= 15 is 0 Å². The van der Waals surface area contributed by atoms with Gasteiger partial charge >= 0.3 is 6.18 Å². The molecule has 0 aromatic heterocycles. The van der Waals surface area contributed by atoms with Gasteiger partial charge in [0.15, 0.2) is 0 Å². The Hall–Kier alpha value is -1.32. The fourth-order valence-electron chi connectivity index (χ4n) is 1.45. The van der Waals surface area contributed by atoms with Crippen molar-refractivity contribution in [3.8, 4) is 0 Å². The predicted octanol–water partition coefficient (Wildman–Crippen LogP) is 3.86. The van der Waals surface area contributed by atoms with Crippen molar-refractivity contribution in [2.24, 2.45) is 0 Å². The summed E-state index contributed by atoms with van der Waals surface area (Å²) in [5, 5.41) is 0. The molecule has 0 heterocycles. The van der Waals surface area contributed by atoms with E-state index < -0.39 is 12.0 Å². The van der Waals surface area contributed by atoms with E-state index in [1.807, 2.05) is 13.8 Å². The van der Waals surface area contributed by atoms with Crippen molar-refractivity contribution in [3.63, 3.8) is 0 Å². The number of aryl methyl sites for hydroxylation is 1.